The molecule has 0 amide bonds. The van der Waals surface area contributed by atoms with Gasteiger partial charge in [-0.1, -0.05) is 30.3 Å². The number of phenols is 1. The zero-order valence-corrected chi connectivity index (χ0v) is 12.9. The Hall–Kier alpha value is -1.85. The molecule has 0 radical (unpaired) electrons. The molecule has 0 aliphatic carbocycles. The van der Waals surface area contributed by atoms with E-state index in [1.165, 1.54) is 6.26 Å². The molecule has 0 heterocycles. The smallest absolute Gasteiger partial charge is 0.175 e. The van der Waals surface area contributed by atoms with Gasteiger partial charge in [-0.15, -0.1) is 0 Å². The maximum absolute atomic E-state index is 11.4. The average Bonchev–Trinajstić information content (AvgIpc) is 2.45. The van der Waals surface area contributed by atoms with Crippen molar-refractivity contribution in [2.75, 3.05) is 6.26 Å². The van der Waals surface area contributed by atoms with Crippen molar-refractivity contribution in [3.8, 4) is 5.75 Å². The number of benzene rings is 2. The minimum absolute atomic E-state index is 0.000726. The Morgan fingerprint density at radius 3 is 2.29 bits per heavy atom. The van der Waals surface area contributed by atoms with Gasteiger partial charge in [-0.2, -0.15) is 0 Å². The van der Waals surface area contributed by atoms with Gasteiger partial charge in [-0.3, -0.25) is 0 Å². The van der Waals surface area contributed by atoms with E-state index < -0.39 is 9.84 Å². The molecule has 112 valence electrons. The van der Waals surface area contributed by atoms with Crippen LogP contribution in [0.4, 0.5) is 0 Å². The van der Waals surface area contributed by atoms with E-state index in [0.29, 0.717) is 11.4 Å². The van der Waals surface area contributed by atoms with Crippen LogP contribution in [0.25, 0.3) is 0 Å². The molecule has 0 fully saturated rings. The molecule has 0 aliphatic rings. The van der Waals surface area contributed by atoms with Crippen LogP contribution < -0.4 is 5.32 Å². The maximum atomic E-state index is 11.4. The Bertz CT molecular complexity index is 709. The Balaban J connectivity index is 2.02. The fourth-order valence-corrected chi connectivity index (χ4v) is 2.72. The summed E-state index contributed by atoms with van der Waals surface area (Å²) in [7, 11) is -3.15. The van der Waals surface area contributed by atoms with Gasteiger partial charge in [0.05, 0.1) is 4.90 Å². The number of nitrogens with one attached hydrogen (secondary N) is 1. The quantitative estimate of drug-likeness (QED) is 0.891. The molecule has 1 atom stereocenters. The fourth-order valence-electron chi connectivity index (χ4n) is 2.09. The standard InChI is InChI=1S/C16H19NO3S/c1-12(15-5-3-4-6-16(15)18)17-11-13-7-9-14(10-8-13)21(2,19)20/h3-10,12,17-18H,11H2,1-2H3. The van der Waals surface area contributed by atoms with Crippen LogP contribution in [-0.4, -0.2) is 19.8 Å². The van der Waals surface area contributed by atoms with Gasteiger partial charge in [0, 0.05) is 24.4 Å². The van der Waals surface area contributed by atoms with Crippen LogP contribution in [0.15, 0.2) is 53.4 Å². The predicted molar refractivity (Wildman–Crippen MR) is 82.9 cm³/mol. The average molecular weight is 305 g/mol. The molecule has 0 bridgehead atoms. The first-order valence-corrected chi connectivity index (χ1v) is 8.57. The normalized spacial score (nSPS) is 13.0. The van der Waals surface area contributed by atoms with Crippen molar-refractivity contribution in [3.05, 3.63) is 59.7 Å². The van der Waals surface area contributed by atoms with Crippen molar-refractivity contribution < 1.29 is 13.5 Å². The fraction of sp³-hybridized carbons (Fsp3) is 0.250. The molecule has 4 nitrogen and oxygen atoms in total. The Morgan fingerprint density at radius 1 is 1.10 bits per heavy atom. The van der Waals surface area contributed by atoms with Crippen molar-refractivity contribution in [1.82, 2.24) is 5.32 Å². The first-order valence-electron chi connectivity index (χ1n) is 6.68. The molecule has 2 rings (SSSR count). The first-order chi connectivity index (χ1) is 9.88. The van der Waals surface area contributed by atoms with Crippen LogP contribution in [-0.2, 0) is 16.4 Å². The van der Waals surface area contributed by atoms with Crippen molar-refractivity contribution in [3.63, 3.8) is 0 Å². The molecule has 2 N–H and O–H groups in total. The van der Waals surface area contributed by atoms with Crippen molar-refractivity contribution in [2.24, 2.45) is 0 Å². The maximum Gasteiger partial charge on any atom is 0.175 e. The molecule has 1 unspecified atom stereocenters. The van der Waals surface area contributed by atoms with Crippen molar-refractivity contribution in [1.29, 1.82) is 0 Å². The highest BCUT2D eigenvalue weighted by Crippen LogP contribution is 2.23. The van der Waals surface area contributed by atoms with E-state index in [2.05, 4.69) is 5.32 Å². The molecule has 2 aromatic carbocycles. The van der Waals surface area contributed by atoms with Gasteiger partial charge in [0.1, 0.15) is 5.75 Å². The lowest BCUT2D eigenvalue weighted by Gasteiger charge is -2.15. The van der Waals surface area contributed by atoms with E-state index in [1.54, 1.807) is 36.4 Å². The summed E-state index contributed by atoms with van der Waals surface area (Å²) >= 11 is 0. The summed E-state index contributed by atoms with van der Waals surface area (Å²) in [6.45, 7) is 2.57. The van der Waals surface area contributed by atoms with E-state index in [-0.39, 0.29) is 11.8 Å². The van der Waals surface area contributed by atoms with Crippen LogP contribution in [0.3, 0.4) is 0 Å². The molecule has 0 saturated carbocycles. The minimum Gasteiger partial charge on any atom is -0.508 e. The van der Waals surface area contributed by atoms with Crippen molar-refractivity contribution in [2.45, 2.75) is 24.4 Å². The molecular weight excluding hydrogens is 286 g/mol. The summed E-state index contributed by atoms with van der Waals surface area (Å²) in [5, 5.41) is 13.1. The van der Waals surface area contributed by atoms with E-state index >= 15 is 0 Å². The molecule has 2 aromatic rings. The summed E-state index contributed by atoms with van der Waals surface area (Å²) in [5.41, 5.74) is 1.83. The summed E-state index contributed by atoms with van der Waals surface area (Å²) < 4.78 is 22.8. The van der Waals surface area contributed by atoms with Crippen LogP contribution >= 0.6 is 0 Å². The SMILES string of the molecule is CC(NCc1ccc(S(C)(=O)=O)cc1)c1ccccc1O. The van der Waals surface area contributed by atoms with Crippen LogP contribution in [0.2, 0.25) is 0 Å². The second-order valence-electron chi connectivity index (χ2n) is 5.08. The van der Waals surface area contributed by atoms with E-state index in [1.807, 2.05) is 19.1 Å². The summed E-state index contributed by atoms with van der Waals surface area (Å²) in [6.07, 6.45) is 1.19. The topological polar surface area (TPSA) is 66.4 Å². The lowest BCUT2D eigenvalue weighted by molar-refractivity contribution is 0.452. The largest absolute Gasteiger partial charge is 0.508 e. The zero-order chi connectivity index (χ0) is 15.5. The molecule has 0 aliphatic heterocycles. The Morgan fingerprint density at radius 2 is 1.71 bits per heavy atom. The van der Waals surface area contributed by atoms with Gasteiger partial charge < -0.3 is 10.4 Å². The number of para-hydroxylation sites is 1. The molecule has 0 spiro atoms. The third-order valence-corrected chi connectivity index (χ3v) is 4.50. The Kier molecular flexibility index (Phi) is 4.65. The third-order valence-electron chi connectivity index (χ3n) is 3.37. The van der Waals surface area contributed by atoms with Gasteiger partial charge in [-0.25, -0.2) is 8.42 Å². The lowest BCUT2D eigenvalue weighted by Crippen LogP contribution is -2.18. The van der Waals surface area contributed by atoms with Crippen LogP contribution in [0.1, 0.15) is 24.1 Å². The van der Waals surface area contributed by atoms with E-state index in [0.717, 1.165) is 11.1 Å². The third kappa shape index (κ3) is 4.06. The zero-order valence-electron chi connectivity index (χ0n) is 12.1. The summed E-state index contributed by atoms with van der Waals surface area (Å²) in [5.74, 6) is 0.268. The predicted octanol–water partition coefficient (Wildman–Crippen LogP) is 2.65. The summed E-state index contributed by atoms with van der Waals surface area (Å²) in [4.78, 5) is 0.319. The number of sulfone groups is 1. The van der Waals surface area contributed by atoms with Crippen molar-refractivity contribution >= 4 is 9.84 Å². The van der Waals surface area contributed by atoms with Gasteiger partial charge in [0.2, 0.25) is 0 Å². The second kappa shape index (κ2) is 6.28. The highest BCUT2D eigenvalue weighted by atomic mass is 32.2. The number of aromatic hydroxyl groups is 1. The van der Waals surface area contributed by atoms with E-state index in [9.17, 15) is 13.5 Å². The first kappa shape index (κ1) is 15.5. The number of phenolic OH excluding ortho intramolecular Hbond substituents is 1. The van der Waals surface area contributed by atoms with Gasteiger partial charge in [0.15, 0.2) is 9.84 Å². The minimum atomic E-state index is -3.15. The molecule has 21 heavy (non-hydrogen) atoms. The van der Waals surface area contributed by atoms with Gasteiger partial charge in [-0.05, 0) is 30.7 Å². The lowest BCUT2D eigenvalue weighted by atomic mass is 10.1. The molecule has 0 aromatic heterocycles. The highest BCUT2D eigenvalue weighted by Gasteiger charge is 2.10. The van der Waals surface area contributed by atoms with Gasteiger partial charge in [0.25, 0.3) is 0 Å². The molecular formula is C16H19NO3S. The van der Waals surface area contributed by atoms with Crippen LogP contribution in [0.5, 0.6) is 5.75 Å². The highest BCUT2D eigenvalue weighted by molar-refractivity contribution is 7.90. The van der Waals surface area contributed by atoms with E-state index in [4.69, 9.17) is 0 Å². The Labute approximate surface area is 125 Å². The monoisotopic (exact) mass is 305 g/mol. The number of rotatable bonds is 5. The van der Waals surface area contributed by atoms with Crippen LogP contribution in [0, 0.1) is 0 Å². The second-order valence-corrected chi connectivity index (χ2v) is 7.09. The summed E-state index contributed by atoms with van der Waals surface area (Å²) in [6, 6.07) is 14.0. The van der Waals surface area contributed by atoms with Gasteiger partial charge >= 0.3 is 0 Å². The molecule has 5 heteroatoms. The number of hydrogen-bond donors (Lipinski definition) is 2. The molecule has 0 saturated heterocycles. The number of hydrogen-bond acceptors (Lipinski definition) is 4.